The Morgan fingerprint density at radius 2 is 2.05 bits per heavy atom. The van der Waals surface area contributed by atoms with Crippen molar-refractivity contribution in [3.05, 3.63) is 20.8 Å². The molecule has 9 heteroatoms. The number of aromatic nitrogens is 4. The summed E-state index contributed by atoms with van der Waals surface area (Å²) in [5.41, 5.74) is -0.782. The predicted molar refractivity (Wildman–Crippen MR) is 71.9 cm³/mol. The zero-order valence-electron chi connectivity index (χ0n) is 11.6. The van der Waals surface area contributed by atoms with Gasteiger partial charge in [-0.25, -0.2) is 4.79 Å². The maximum atomic E-state index is 12.0. The summed E-state index contributed by atoms with van der Waals surface area (Å²) in [6, 6.07) is 0. The Hall–Kier alpha value is -2.58. The fraction of sp³-hybridized carbons (Fsp3) is 0.455. The summed E-state index contributed by atoms with van der Waals surface area (Å²) in [6.07, 6.45) is 0. The van der Waals surface area contributed by atoms with E-state index in [-0.39, 0.29) is 17.7 Å². The number of rotatable bonds is 3. The van der Waals surface area contributed by atoms with Crippen LogP contribution in [-0.2, 0) is 23.1 Å². The molecule has 0 spiro atoms. The molecular formula is C11H15N5O4. The van der Waals surface area contributed by atoms with Gasteiger partial charge in [-0.1, -0.05) is 0 Å². The van der Waals surface area contributed by atoms with Crippen molar-refractivity contribution in [1.82, 2.24) is 19.1 Å². The highest BCUT2D eigenvalue weighted by molar-refractivity contribution is 5.78. The molecule has 0 unspecified atom stereocenters. The van der Waals surface area contributed by atoms with Crippen molar-refractivity contribution < 1.29 is 9.53 Å². The summed E-state index contributed by atoms with van der Waals surface area (Å²) >= 11 is 0. The van der Waals surface area contributed by atoms with Crippen LogP contribution in [0.5, 0.6) is 0 Å². The van der Waals surface area contributed by atoms with E-state index < -0.39 is 17.2 Å². The van der Waals surface area contributed by atoms with E-state index in [1.54, 1.807) is 19.0 Å². The van der Waals surface area contributed by atoms with Gasteiger partial charge in [-0.2, -0.15) is 4.98 Å². The zero-order valence-corrected chi connectivity index (χ0v) is 11.6. The van der Waals surface area contributed by atoms with Crippen molar-refractivity contribution in [3.8, 4) is 0 Å². The molecule has 0 aliphatic rings. The topological polar surface area (TPSA) is 102 Å². The maximum Gasteiger partial charge on any atom is 0.329 e. The molecule has 9 nitrogen and oxygen atoms in total. The van der Waals surface area contributed by atoms with Gasteiger partial charge < -0.3 is 9.64 Å². The van der Waals surface area contributed by atoms with Crippen molar-refractivity contribution >= 4 is 23.1 Å². The van der Waals surface area contributed by atoms with E-state index in [0.29, 0.717) is 5.95 Å². The summed E-state index contributed by atoms with van der Waals surface area (Å²) in [5, 5.41) is 0. The minimum absolute atomic E-state index is 0.154. The standard InChI is InChI=1S/C11H15N5O4/c1-14(2)10-12-8-7(16(10)5-6(17)20-4)9(18)13-11(19)15(8)3/h5H2,1-4H3,(H,13,18,19). The van der Waals surface area contributed by atoms with Gasteiger partial charge in [0.05, 0.1) is 7.11 Å². The molecule has 0 amide bonds. The number of methoxy groups -OCH3 is 1. The Balaban J connectivity index is 2.85. The van der Waals surface area contributed by atoms with Crippen LogP contribution in [0, 0.1) is 0 Å². The number of nitrogens with one attached hydrogen (secondary N) is 1. The van der Waals surface area contributed by atoms with Crippen LogP contribution >= 0.6 is 0 Å². The summed E-state index contributed by atoms with van der Waals surface area (Å²) in [5.74, 6) is -0.127. The molecule has 0 bridgehead atoms. The molecule has 0 aliphatic carbocycles. The number of H-pyrrole nitrogens is 1. The molecule has 0 aliphatic heterocycles. The van der Waals surface area contributed by atoms with Crippen molar-refractivity contribution in [2.45, 2.75) is 6.54 Å². The number of ether oxygens (including phenoxy) is 1. The Bertz CT molecular complexity index is 782. The molecule has 0 saturated carbocycles. The summed E-state index contributed by atoms with van der Waals surface area (Å²) in [4.78, 5) is 43.1. The average Bonchev–Trinajstić information content (AvgIpc) is 2.76. The van der Waals surface area contributed by atoms with Gasteiger partial charge in [-0.15, -0.1) is 0 Å². The van der Waals surface area contributed by atoms with Crippen molar-refractivity contribution in [2.75, 3.05) is 26.1 Å². The number of hydrogen-bond donors (Lipinski definition) is 1. The molecule has 2 aromatic heterocycles. The highest BCUT2D eigenvalue weighted by atomic mass is 16.5. The molecule has 1 N–H and O–H groups in total. The summed E-state index contributed by atoms with van der Waals surface area (Å²) in [7, 11) is 6.20. The van der Waals surface area contributed by atoms with Gasteiger partial charge in [-0.05, 0) is 0 Å². The molecule has 2 heterocycles. The van der Waals surface area contributed by atoms with E-state index in [1.165, 1.54) is 23.3 Å². The van der Waals surface area contributed by atoms with Gasteiger partial charge in [-0.3, -0.25) is 23.7 Å². The number of carbonyl (C=O) groups is 1. The number of aryl methyl sites for hydroxylation is 1. The lowest BCUT2D eigenvalue weighted by molar-refractivity contribution is -0.141. The van der Waals surface area contributed by atoms with E-state index in [0.717, 1.165) is 0 Å². The molecule has 0 atom stereocenters. The Morgan fingerprint density at radius 3 is 2.60 bits per heavy atom. The Kier molecular flexibility index (Phi) is 3.35. The number of hydrogen-bond acceptors (Lipinski definition) is 6. The van der Waals surface area contributed by atoms with Crippen LogP contribution in [0.3, 0.4) is 0 Å². The van der Waals surface area contributed by atoms with Gasteiger partial charge in [0.25, 0.3) is 5.56 Å². The molecule has 108 valence electrons. The average molecular weight is 281 g/mol. The van der Waals surface area contributed by atoms with Crippen LogP contribution in [-0.4, -0.2) is 46.3 Å². The summed E-state index contributed by atoms with van der Waals surface area (Å²) in [6.45, 7) is -0.165. The van der Waals surface area contributed by atoms with Crippen LogP contribution in [0.4, 0.5) is 5.95 Å². The summed E-state index contributed by atoms with van der Waals surface area (Å²) < 4.78 is 7.25. The second-order valence-electron chi connectivity index (χ2n) is 4.46. The molecule has 2 aromatic rings. The van der Waals surface area contributed by atoms with Crippen molar-refractivity contribution in [2.24, 2.45) is 7.05 Å². The maximum absolute atomic E-state index is 12.0. The third-order valence-electron chi connectivity index (χ3n) is 2.90. The molecule has 0 saturated heterocycles. The van der Waals surface area contributed by atoms with Crippen LogP contribution in [0.1, 0.15) is 0 Å². The van der Waals surface area contributed by atoms with E-state index >= 15 is 0 Å². The third kappa shape index (κ3) is 2.06. The first-order chi connectivity index (χ1) is 9.36. The van der Waals surface area contributed by atoms with Gasteiger partial charge in [0, 0.05) is 21.1 Å². The normalized spacial score (nSPS) is 10.8. The fourth-order valence-electron chi connectivity index (χ4n) is 1.91. The van der Waals surface area contributed by atoms with Gasteiger partial charge in [0.2, 0.25) is 5.95 Å². The SMILES string of the molecule is COC(=O)Cn1c(N(C)C)nc2c1c(=O)[nH]c(=O)n2C. The number of imidazole rings is 1. The minimum atomic E-state index is -0.590. The lowest BCUT2D eigenvalue weighted by Gasteiger charge is -2.13. The zero-order chi connectivity index (χ0) is 15.0. The van der Waals surface area contributed by atoms with Gasteiger partial charge >= 0.3 is 11.7 Å². The number of nitrogens with zero attached hydrogens (tertiary/aromatic N) is 4. The number of carbonyl (C=O) groups excluding carboxylic acids is 1. The molecule has 0 fully saturated rings. The third-order valence-corrected chi connectivity index (χ3v) is 2.90. The molecule has 0 aromatic carbocycles. The lowest BCUT2D eigenvalue weighted by atomic mass is 10.5. The number of aromatic amines is 1. The van der Waals surface area contributed by atoms with Crippen molar-refractivity contribution in [1.29, 1.82) is 0 Å². The van der Waals surface area contributed by atoms with E-state index in [1.807, 2.05) is 0 Å². The monoisotopic (exact) mass is 281 g/mol. The molecule has 2 rings (SSSR count). The highest BCUT2D eigenvalue weighted by Crippen LogP contribution is 2.17. The molecule has 0 radical (unpaired) electrons. The Morgan fingerprint density at radius 1 is 1.40 bits per heavy atom. The predicted octanol–water partition coefficient (Wildman–Crippen LogP) is -1.34. The second kappa shape index (κ2) is 4.83. The number of fused-ring (bicyclic) bond motifs is 1. The van der Waals surface area contributed by atoms with E-state index in [9.17, 15) is 14.4 Å². The van der Waals surface area contributed by atoms with E-state index in [2.05, 4.69) is 14.7 Å². The van der Waals surface area contributed by atoms with Gasteiger partial charge in [0.1, 0.15) is 6.54 Å². The quantitative estimate of drug-likeness (QED) is 0.699. The first-order valence-corrected chi connectivity index (χ1v) is 5.80. The number of esters is 1. The van der Waals surface area contributed by atoms with Crippen LogP contribution < -0.4 is 16.1 Å². The largest absolute Gasteiger partial charge is 0.468 e. The first-order valence-electron chi connectivity index (χ1n) is 5.80. The van der Waals surface area contributed by atoms with Crippen LogP contribution in [0.25, 0.3) is 11.2 Å². The Labute approximate surface area is 113 Å². The second-order valence-corrected chi connectivity index (χ2v) is 4.46. The first kappa shape index (κ1) is 13.8. The fourth-order valence-corrected chi connectivity index (χ4v) is 1.91. The smallest absolute Gasteiger partial charge is 0.329 e. The molecular weight excluding hydrogens is 266 g/mol. The minimum Gasteiger partial charge on any atom is -0.468 e. The number of anilines is 1. The van der Waals surface area contributed by atoms with Crippen molar-refractivity contribution in [3.63, 3.8) is 0 Å². The molecule has 20 heavy (non-hydrogen) atoms. The van der Waals surface area contributed by atoms with E-state index in [4.69, 9.17) is 0 Å². The van der Waals surface area contributed by atoms with Gasteiger partial charge in [0.15, 0.2) is 11.2 Å². The van der Waals surface area contributed by atoms with Crippen LogP contribution in [0.15, 0.2) is 9.59 Å². The lowest BCUT2D eigenvalue weighted by Crippen LogP contribution is -2.30. The van der Waals surface area contributed by atoms with Crippen LogP contribution in [0.2, 0.25) is 0 Å². The highest BCUT2D eigenvalue weighted by Gasteiger charge is 2.20.